The van der Waals surface area contributed by atoms with E-state index in [1.54, 1.807) is 18.3 Å². The molecule has 90 valence electrons. The minimum Gasteiger partial charge on any atom is -0.399 e. The highest BCUT2D eigenvalue weighted by Crippen LogP contribution is 2.12. The largest absolute Gasteiger partial charge is 0.399 e. The van der Waals surface area contributed by atoms with Crippen molar-refractivity contribution in [3.8, 4) is 0 Å². The van der Waals surface area contributed by atoms with E-state index in [0.29, 0.717) is 11.4 Å². The molecule has 0 saturated heterocycles. The Morgan fingerprint density at radius 3 is 2.88 bits per heavy atom. The molecule has 0 aliphatic heterocycles. The van der Waals surface area contributed by atoms with Crippen LogP contribution in [0.25, 0.3) is 0 Å². The predicted molar refractivity (Wildman–Crippen MR) is 63.5 cm³/mol. The maximum absolute atomic E-state index is 11.9. The van der Waals surface area contributed by atoms with Crippen molar-refractivity contribution < 1.29 is 8.42 Å². The highest BCUT2D eigenvalue weighted by molar-refractivity contribution is 7.89. The van der Waals surface area contributed by atoms with Crippen molar-refractivity contribution in [3.05, 3.63) is 42.5 Å². The molecule has 0 amide bonds. The third-order valence-electron chi connectivity index (χ3n) is 2.18. The molecule has 7 heteroatoms. The van der Waals surface area contributed by atoms with Crippen LogP contribution in [-0.2, 0) is 16.6 Å². The van der Waals surface area contributed by atoms with Gasteiger partial charge in [-0.25, -0.2) is 18.1 Å². The van der Waals surface area contributed by atoms with Gasteiger partial charge in [0.25, 0.3) is 0 Å². The van der Waals surface area contributed by atoms with E-state index in [0.717, 1.165) is 0 Å². The number of rotatable bonds is 4. The van der Waals surface area contributed by atoms with Gasteiger partial charge in [-0.15, -0.1) is 0 Å². The average Bonchev–Trinajstić information content (AvgIpc) is 2.79. The Balaban J connectivity index is 2.14. The first kappa shape index (κ1) is 11.6. The van der Waals surface area contributed by atoms with Crippen LogP contribution in [0, 0.1) is 0 Å². The number of nitrogens with zero attached hydrogens (tertiary/aromatic N) is 1. The third-order valence-corrected chi connectivity index (χ3v) is 3.57. The third kappa shape index (κ3) is 2.83. The fourth-order valence-electron chi connectivity index (χ4n) is 1.32. The molecule has 2 rings (SSSR count). The first-order valence-electron chi connectivity index (χ1n) is 4.90. The number of imidazole rings is 1. The monoisotopic (exact) mass is 252 g/mol. The summed E-state index contributed by atoms with van der Waals surface area (Å²) in [5, 5.41) is 0. The number of benzene rings is 1. The standard InChI is InChI=1S/C10H12N4O2S/c11-8-2-1-3-10(4-8)17(15,16)14-6-9-5-12-7-13-9/h1-5,7,14H,6,11H2,(H,12,13). The maximum atomic E-state index is 11.9. The number of anilines is 1. The van der Waals surface area contributed by atoms with Crippen LogP contribution < -0.4 is 10.5 Å². The number of aromatic amines is 1. The molecule has 4 N–H and O–H groups in total. The summed E-state index contributed by atoms with van der Waals surface area (Å²) in [6.07, 6.45) is 3.05. The fourth-order valence-corrected chi connectivity index (χ4v) is 2.38. The van der Waals surface area contributed by atoms with Gasteiger partial charge in [0.15, 0.2) is 0 Å². The van der Waals surface area contributed by atoms with Crippen LogP contribution in [-0.4, -0.2) is 18.4 Å². The lowest BCUT2D eigenvalue weighted by Gasteiger charge is -2.06. The highest BCUT2D eigenvalue weighted by atomic mass is 32.2. The smallest absolute Gasteiger partial charge is 0.240 e. The zero-order valence-corrected chi connectivity index (χ0v) is 9.74. The molecule has 17 heavy (non-hydrogen) atoms. The molecule has 6 nitrogen and oxygen atoms in total. The van der Waals surface area contributed by atoms with E-state index in [1.165, 1.54) is 18.5 Å². The molecule has 0 radical (unpaired) electrons. The summed E-state index contributed by atoms with van der Waals surface area (Å²) in [7, 11) is -3.54. The summed E-state index contributed by atoms with van der Waals surface area (Å²) < 4.78 is 26.2. The van der Waals surface area contributed by atoms with Crippen LogP contribution in [0.2, 0.25) is 0 Å². The van der Waals surface area contributed by atoms with Crippen LogP contribution in [0.5, 0.6) is 0 Å². The van der Waals surface area contributed by atoms with E-state index in [4.69, 9.17) is 5.73 Å². The van der Waals surface area contributed by atoms with Crippen LogP contribution in [0.3, 0.4) is 0 Å². The number of aromatic nitrogens is 2. The van der Waals surface area contributed by atoms with Gasteiger partial charge in [-0.05, 0) is 18.2 Å². The predicted octanol–water partition coefficient (Wildman–Crippen LogP) is 0.470. The SMILES string of the molecule is Nc1cccc(S(=O)(=O)NCc2cnc[nH]2)c1. The number of hydrogen-bond donors (Lipinski definition) is 3. The van der Waals surface area contributed by atoms with Gasteiger partial charge in [-0.1, -0.05) is 6.07 Å². The van der Waals surface area contributed by atoms with Gasteiger partial charge in [-0.3, -0.25) is 0 Å². The number of nitrogens with one attached hydrogen (secondary N) is 2. The molecule has 1 aromatic heterocycles. The van der Waals surface area contributed by atoms with Crippen molar-refractivity contribution in [2.24, 2.45) is 0 Å². The van der Waals surface area contributed by atoms with Gasteiger partial charge < -0.3 is 10.7 Å². The van der Waals surface area contributed by atoms with Crippen molar-refractivity contribution in [1.82, 2.24) is 14.7 Å². The Kier molecular flexibility index (Phi) is 3.12. The number of hydrogen-bond acceptors (Lipinski definition) is 4. The fraction of sp³-hybridized carbons (Fsp3) is 0.100. The topological polar surface area (TPSA) is 101 Å². The molecule has 0 fully saturated rings. The number of nitrogens with two attached hydrogens (primary N) is 1. The van der Waals surface area contributed by atoms with Gasteiger partial charge in [0, 0.05) is 17.6 Å². The van der Waals surface area contributed by atoms with E-state index in [2.05, 4.69) is 14.7 Å². The summed E-state index contributed by atoms with van der Waals surface area (Å²) in [5.74, 6) is 0. The van der Waals surface area contributed by atoms with Gasteiger partial charge in [0.05, 0.1) is 17.8 Å². The van der Waals surface area contributed by atoms with Gasteiger partial charge in [0.2, 0.25) is 10.0 Å². The Morgan fingerprint density at radius 2 is 2.24 bits per heavy atom. The van der Waals surface area contributed by atoms with Crippen molar-refractivity contribution in [2.75, 3.05) is 5.73 Å². The van der Waals surface area contributed by atoms with Crippen molar-refractivity contribution in [1.29, 1.82) is 0 Å². The molecule has 2 aromatic rings. The molecule has 0 saturated carbocycles. The average molecular weight is 252 g/mol. The second-order valence-electron chi connectivity index (χ2n) is 3.47. The van der Waals surface area contributed by atoms with Crippen LogP contribution in [0.15, 0.2) is 41.7 Å². The quantitative estimate of drug-likeness (QED) is 0.688. The highest BCUT2D eigenvalue weighted by Gasteiger charge is 2.13. The van der Waals surface area contributed by atoms with Gasteiger partial charge in [-0.2, -0.15) is 0 Å². The molecule has 1 aromatic carbocycles. The Labute approximate surface area is 98.9 Å². The normalized spacial score (nSPS) is 11.5. The summed E-state index contributed by atoms with van der Waals surface area (Å²) >= 11 is 0. The second kappa shape index (κ2) is 4.56. The van der Waals surface area contributed by atoms with Gasteiger partial charge >= 0.3 is 0 Å². The minimum absolute atomic E-state index is 0.150. The molecular formula is C10H12N4O2S. The van der Waals surface area contributed by atoms with Crippen LogP contribution in [0.1, 0.15) is 5.69 Å². The maximum Gasteiger partial charge on any atom is 0.240 e. The summed E-state index contributed by atoms with van der Waals surface area (Å²) in [6.45, 7) is 0.164. The van der Waals surface area contributed by atoms with E-state index >= 15 is 0 Å². The van der Waals surface area contributed by atoms with E-state index in [9.17, 15) is 8.42 Å². The summed E-state index contributed by atoms with van der Waals surface area (Å²) in [6, 6.07) is 6.13. The molecule has 0 spiro atoms. The molecule has 0 atom stereocenters. The van der Waals surface area contributed by atoms with E-state index < -0.39 is 10.0 Å². The van der Waals surface area contributed by atoms with E-state index in [1.807, 2.05) is 0 Å². The van der Waals surface area contributed by atoms with E-state index in [-0.39, 0.29) is 11.4 Å². The second-order valence-corrected chi connectivity index (χ2v) is 5.24. The zero-order valence-electron chi connectivity index (χ0n) is 8.92. The van der Waals surface area contributed by atoms with Crippen molar-refractivity contribution in [2.45, 2.75) is 11.4 Å². The molecule has 0 bridgehead atoms. The number of sulfonamides is 1. The number of H-pyrrole nitrogens is 1. The van der Waals surface area contributed by atoms with Gasteiger partial charge in [0.1, 0.15) is 0 Å². The van der Waals surface area contributed by atoms with Crippen LogP contribution in [0.4, 0.5) is 5.69 Å². The Morgan fingerprint density at radius 1 is 1.41 bits per heavy atom. The van der Waals surface area contributed by atoms with Crippen molar-refractivity contribution >= 4 is 15.7 Å². The zero-order chi connectivity index (χ0) is 12.3. The molecule has 1 heterocycles. The minimum atomic E-state index is -3.54. The first-order valence-corrected chi connectivity index (χ1v) is 6.39. The molecule has 0 aliphatic carbocycles. The summed E-state index contributed by atoms with van der Waals surface area (Å²) in [5.41, 5.74) is 6.64. The molecular weight excluding hydrogens is 240 g/mol. The lowest BCUT2D eigenvalue weighted by Crippen LogP contribution is -2.23. The molecule has 0 aliphatic rings. The Hall–Kier alpha value is -1.86. The lowest BCUT2D eigenvalue weighted by molar-refractivity contribution is 0.580. The lowest BCUT2D eigenvalue weighted by atomic mass is 10.3. The summed E-state index contributed by atoms with van der Waals surface area (Å²) in [4.78, 5) is 6.76. The Bertz CT molecular complexity index is 593. The van der Waals surface area contributed by atoms with Crippen LogP contribution >= 0.6 is 0 Å². The number of nitrogen functional groups attached to an aromatic ring is 1. The molecule has 0 unspecified atom stereocenters. The first-order chi connectivity index (χ1) is 8.08. The van der Waals surface area contributed by atoms with Crippen molar-refractivity contribution in [3.63, 3.8) is 0 Å².